The molecule has 1 nitrogen and oxygen atoms in total. The molecule has 18 heavy (non-hydrogen) atoms. The number of benzene rings is 1. The van der Waals surface area contributed by atoms with Crippen molar-refractivity contribution < 1.29 is 9.18 Å². The fourth-order valence-electron chi connectivity index (χ4n) is 2.65. The highest BCUT2D eigenvalue weighted by Crippen LogP contribution is 2.29. The van der Waals surface area contributed by atoms with Gasteiger partial charge >= 0.3 is 0 Å². The summed E-state index contributed by atoms with van der Waals surface area (Å²) in [5, 5.41) is 0.0896. The molecule has 0 atom stereocenters. The summed E-state index contributed by atoms with van der Waals surface area (Å²) in [6, 6.07) is 4.63. The van der Waals surface area contributed by atoms with Gasteiger partial charge in [0.1, 0.15) is 11.6 Å². The van der Waals surface area contributed by atoms with Crippen molar-refractivity contribution in [3.8, 4) is 0 Å². The standard InChI is InChI=1S/C15H18ClFO/c16-15-12(6-3-7-14(15)17)10-13(18)9-8-11-4-1-2-5-11/h3,6-7,11H,1-2,4-5,8-10H2. The van der Waals surface area contributed by atoms with E-state index in [0.717, 1.165) is 12.3 Å². The smallest absolute Gasteiger partial charge is 0.142 e. The Morgan fingerprint density at radius 1 is 1.33 bits per heavy atom. The van der Waals surface area contributed by atoms with Crippen molar-refractivity contribution in [3.63, 3.8) is 0 Å². The molecule has 3 heteroatoms. The third-order valence-electron chi connectivity index (χ3n) is 3.73. The minimum Gasteiger partial charge on any atom is -0.299 e. The number of Topliss-reactive ketones (excluding diaryl/α,β-unsaturated/α-hetero) is 1. The van der Waals surface area contributed by atoms with E-state index in [0.29, 0.717) is 12.0 Å². The van der Waals surface area contributed by atoms with Gasteiger partial charge < -0.3 is 0 Å². The Balaban J connectivity index is 1.84. The summed E-state index contributed by atoms with van der Waals surface area (Å²) in [6.45, 7) is 0. The summed E-state index contributed by atoms with van der Waals surface area (Å²) >= 11 is 5.84. The van der Waals surface area contributed by atoms with Crippen molar-refractivity contribution in [2.45, 2.75) is 44.9 Å². The topological polar surface area (TPSA) is 17.1 Å². The zero-order chi connectivity index (χ0) is 13.0. The first-order valence-electron chi connectivity index (χ1n) is 6.61. The van der Waals surface area contributed by atoms with E-state index in [1.54, 1.807) is 12.1 Å². The maximum absolute atomic E-state index is 13.2. The Bertz CT molecular complexity index is 425. The molecular weight excluding hydrogens is 251 g/mol. The molecule has 2 rings (SSSR count). The van der Waals surface area contributed by atoms with E-state index in [-0.39, 0.29) is 17.2 Å². The highest BCUT2D eigenvalue weighted by atomic mass is 35.5. The molecule has 1 aromatic rings. The molecule has 0 heterocycles. The van der Waals surface area contributed by atoms with Gasteiger partial charge in [0.2, 0.25) is 0 Å². The third-order valence-corrected chi connectivity index (χ3v) is 4.15. The summed E-state index contributed by atoms with van der Waals surface area (Å²) in [4.78, 5) is 11.9. The molecule has 0 N–H and O–H groups in total. The van der Waals surface area contributed by atoms with E-state index in [9.17, 15) is 9.18 Å². The van der Waals surface area contributed by atoms with Gasteiger partial charge in [-0.15, -0.1) is 0 Å². The lowest BCUT2D eigenvalue weighted by molar-refractivity contribution is -0.118. The van der Waals surface area contributed by atoms with Crippen LogP contribution in [0.15, 0.2) is 18.2 Å². The van der Waals surface area contributed by atoms with Crippen LogP contribution >= 0.6 is 11.6 Å². The van der Waals surface area contributed by atoms with Crippen molar-refractivity contribution in [1.29, 1.82) is 0 Å². The molecule has 98 valence electrons. The van der Waals surface area contributed by atoms with Crippen molar-refractivity contribution in [3.05, 3.63) is 34.6 Å². The van der Waals surface area contributed by atoms with E-state index in [4.69, 9.17) is 11.6 Å². The first kappa shape index (κ1) is 13.5. The molecule has 0 unspecified atom stereocenters. The molecule has 0 spiro atoms. The summed E-state index contributed by atoms with van der Waals surface area (Å²) < 4.78 is 13.2. The average molecular weight is 269 g/mol. The lowest BCUT2D eigenvalue weighted by atomic mass is 9.97. The number of rotatable bonds is 5. The first-order valence-corrected chi connectivity index (χ1v) is 6.99. The average Bonchev–Trinajstić information content (AvgIpc) is 2.86. The number of hydrogen-bond acceptors (Lipinski definition) is 1. The van der Waals surface area contributed by atoms with Gasteiger partial charge in [0.25, 0.3) is 0 Å². The zero-order valence-corrected chi connectivity index (χ0v) is 11.2. The molecule has 0 aromatic heterocycles. The lowest BCUT2D eigenvalue weighted by Gasteiger charge is -2.08. The Morgan fingerprint density at radius 2 is 2.06 bits per heavy atom. The molecule has 0 saturated heterocycles. The molecule has 1 aromatic carbocycles. The van der Waals surface area contributed by atoms with E-state index in [2.05, 4.69) is 0 Å². The molecule has 0 aliphatic heterocycles. The maximum atomic E-state index is 13.2. The number of hydrogen-bond donors (Lipinski definition) is 0. The van der Waals surface area contributed by atoms with Gasteiger partial charge in [0.15, 0.2) is 0 Å². The van der Waals surface area contributed by atoms with Gasteiger partial charge in [-0.3, -0.25) is 4.79 Å². The fourth-order valence-corrected chi connectivity index (χ4v) is 2.84. The summed E-state index contributed by atoms with van der Waals surface area (Å²) in [5.41, 5.74) is 0.605. The van der Waals surface area contributed by atoms with Crippen LogP contribution in [0.3, 0.4) is 0 Å². The Kier molecular flexibility index (Phi) is 4.76. The van der Waals surface area contributed by atoms with E-state index < -0.39 is 5.82 Å². The second kappa shape index (κ2) is 6.33. The SMILES string of the molecule is O=C(CCC1CCCC1)Cc1cccc(F)c1Cl. The molecule has 1 aliphatic rings. The normalized spacial score (nSPS) is 16.1. The van der Waals surface area contributed by atoms with Crippen LogP contribution in [0.5, 0.6) is 0 Å². The van der Waals surface area contributed by atoms with E-state index in [1.165, 1.54) is 31.7 Å². The van der Waals surface area contributed by atoms with Gasteiger partial charge in [-0.1, -0.05) is 49.4 Å². The highest BCUT2D eigenvalue weighted by molar-refractivity contribution is 6.31. The van der Waals surface area contributed by atoms with Gasteiger partial charge in [-0.2, -0.15) is 0 Å². The Morgan fingerprint density at radius 3 is 2.78 bits per heavy atom. The number of carbonyl (C=O) groups is 1. The molecule has 1 saturated carbocycles. The molecule has 1 aliphatic carbocycles. The van der Waals surface area contributed by atoms with E-state index in [1.807, 2.05) is 0 Å². The van der Waals surface area contributed by atoms with Gasteiger partial charge in [-0.25, -0.2) is 4.39 Å². The number of ketones is 1. The summed E-state index contributed by atoms with van der Waals surface area (Å²) in [7, 11) is 0. The minimum absolute atomic E-state index is 0.0896. The summed E-state index contributed by atoms with van der Waals surface area (Å²) in [5.74, 6) is 0.434. The van der Waals surface area contributed by atoms with Crippen LogP contribution in [0.2, 0.25) is 5.02 Å². The zero-order valence-electron chi connectivity index (χ0n) is 10.4. The van der Waals surface area contributed by atoms with Gasteiger partial charge in [0.05, 0.1) is 5.02 Å². The highest BCUT2D eigenvalue weighted by Gasteiger charge is 2.17. The summed E-state index contributed by atoms with van der Waals surface area (Å²) in [6.07, 6.45) is 6.94. The number of halogens is 2. The van der Waals surface area contributed by atoms with Crippen molar-refractivity contribution in [2.24, 2.45) is 5.92 Å². The van der Waals surface area contributed by atoms with Crippen LogP contribution in [0, 0.1) is 11.7 Å². The Hall–Kier alpha value is -0.890. The quantitative estimate of drug-likeness (QED) is 0.765. The van der Waals surface area contributed by atoms with E-state index >= 15 is 0 Å². The molecule has 1 fully saturated rings. The van der Waals surface area contributed by atoms with Crippen molar-refractivity contribution in [2.75, 3.05) is 0 Å². The molecule has 0 bridgehead atoms. The van der Waals surface area contributed by atoms with Crippen LogP contribution in [-0.4, -0.2) is 5.78 Å². The molecular formula is C15H18ClFO. The van der Waals surface area contributed by atoms with Crippen LogP contribution in [0.4, 0.5) is 4.39 Å². The van der Waals surface area contributed by atoms with Crippen molar-refractivity contribution >= 4 is 17.4 Å². The fraction of sp³-hybridized carbons (Fsp3) is 0.533. The van der Waals surface area contributed by atoms with Crippen LogP contribution in [-0.2, 0) is 11.2 Å². The predicted octanol–water partition coefficient (Wildman–Crippen LogP) is 4.56. The monoisotopic (exact) mass is 268 g/mol. The lowest BCUT2D eigenvalue weighted by Crippen LogP contribution is -2.06. The number of carbonyl (C=O) groups excluding carboxylic acids is 1. The van der Waals surface area contributed by atoms with Gasteiger partial charge in [0, 0.05) is 12.8 Å². The van der Waals surface area contributed by atoms with Crippen molar-refractivity contribution in [1.82, 2.24) is 0 Å². The first-order chi connectivity index (χ1) is 8.66. The third kappa shape index (κ3) is 3.55. The van der Waals surface area contributed by atoms with Crippen LogP contribution in [0.25, 0.3) is 0 Å². The maximum Gasteiger partial charge on any atom is 0.142 e. The molecule has 0 amide bonds. The Labute approximate surface area is 112 Å². The second-order valence-electron chi connectivity index (χ2n) is 5.12. The van der Waals surface area contributed by atoms with Crippen LogP contribution < -0.4 is 0 Å². The largest absolute Gasteiger partial charge is 0.299 e. The predicted molar refractivity (Wildman–Crippen MR) is 71.3 cm³/mol. The second-order valence-corrected chi connectivity index (χ2v) is 5.50. The van der Waals surface area contributed by atoms with Crippen LogP contribution in [0.1, 0.15) is 44.1 Å². The minimum atomic E-state index is -0.447. The molecule has 0 radical (unpaired) electrons. The van der Waals surface area contributed by atoms with Gasteiger partial charge in [-0.05, 0) is 24.0 Å².